The second-order valence-electron chi connectivity index (χ2n) is 4.37. The van der Waals surface area contributed by atoms with Crippen LogP contribution in [0.2, 0.25) is 0 Å². The Balaban J connectivity index is 2.10. The summed E-state index contributed by atoms with van der Waals surface area (Å²) in [6.07, 6.45) is 5.13. The molecular formula is C14H15N3. The van der Waals surface area contributed by atoms with Crippen LogP contribution in [0.15, 0.2) is 36.9 Å². The van der Waals surface area contributed by atoms with Gasteiger partial charge in [-0.2, -0.15) is 0 Å². The van der Waals surface area contributed by atoms with Gasteiger partial charge in [0.15, 0.2) is 5.82 Å². The summed E-state index contributed by atoms with van der Waals surface area (Å²) >= 11 is 0. The molecule has 3 rings (SSSR count). The van der Waals surface area contributed by atoms with Crippen molar-refractivity contribution in [2.45, 2.75) is 25.3 Å². The van der Waals surface area contributed by atoms with Crippen molar-refractivity contribution >= 4 is 6.08 Å². The van der Waals surface area contributed by atoms with Gasteiger partial charge in [0.05, 0.1) is 6.04 Å². The van der Waals surface area contributed by atoms with E-state index in [2.05, 4.69) is 45.6 Å². The van der Waals surface area contributed by atoms with E-state index in [9.17, 15) is 0 Å². The van der Waals surface area contributed by atoms with Crippen LogP contribution in [0.5, 0.6) is 0 Å². The fourth-order valence-electron chi connectivity index (χ4n) is 2.56. The van der Waals surface area contributed by atoms with Gasteiger partial charge in [0.25, 0.3) is 0 Å². The predicted molar refractivity (Wildman–Crippen MR) is 67.6 cm³/mol. The van der Waals surface area contributed by atoms with Crippen LogP contribution in [0.3, 0.4) is 0 Å². The summed E-state index contributed by atoms with van der Waals surface area (Å²) in [7, 11) is 0. The van der Waals surface area contributed by atoms with Crippen molar-refractivity contribution < 1.29 is 0 Å². The van der Waals surface area contributed by atoms with Crippen molar-refractivity contribution in [3.8, 4) is 0 Å². The van der Waals surface area contributed by atoms with Gasteiger partial charge in [-0.15, -0.1) is 10.2 Å². The lowest BCUT2D eigenvalue weighted by atomic mass is 9.97. The lowest BCUT2D eigenvalue weighted by molar-refractivity contribution is 0.448. The molecule has 1 aliphatic rings. The highest BCUT2D eigenvalue weighted by atomic mass is 15.3. The topological polar surface area (TPSA) is 30.7 Å². The first kappa shape index (κ1) is 10.3. The van der Waals surface area contributed by atoms with Crippen LogP contribution in [0.1, 0.15) is 36.1 Å². The lowest BCUT2D eigenvalue weighted by Gasteiger charge is -2.25. The molecule has 0 amide bonds. The quantitative estimate of drug-likeness (QED) is 0.786. The standard InChI is InChI=1S/C14H15N3/c1-2-13-15-16-14-10-6-9-12(17(13)14)11-7-4-3-5-8-11/h2-5,7-8,12H,1,6,9-10H2. The number of hydrogen-bond acceptors (Lipinski definition) is 2. The van der Waals surface area contributed by atoms with Crippen molar-refractivity contribution in [2.75, 3.05) is 0 Å². The van der Waals surface area contributed by atoms with Gasteiger partial charge in [-0.1, -0.05) is 36.9 Å². The highest BCUT2D eigenvalue weighted by Gasteiger charge is 2.24. The third-order valence-corrected chi connectivity index (χ3v) is 3.35. The summed E-state index contributed by atoms with van der Waals surface area (Å²) in [6, 6.07) is 10.9. The Labute approximate surface area is 101 Å². The van der Waals surface area contributed by atoms with E-state index in [1.807, 2.05) is 6.07 Å². The highest BCUT2D eigenvalue weighted by Crippen LogP contribution is 2.31. The van der Waals surface area contributed by atoms with E-state index in [1.165, 1.54) is 12.0 Å². The Bertz CT molecular complexity index is 528. The number of rotatable bonds is 2. The van der Waals surface area contributed by atoms with Crippen LogP contribution in [-0.2, 0) is 6.42 Å². The van der Waals surface area contributed by atoms with E-state index in [4.69, 9.17) is 0 Å². The van der Waals surface area contributed by atoms with Crippen LogP contribution < -0.4 is 0 Å². The Morgan fingerprint density at radius 3 is 2.82 bits per heavy atom. The molecular weight excluding hydrogens is 210 g/mol. The molecule has 86 valence electrons. The summed E-state index contributed by atoms with van der Waals surface area (Å²) in [6.45, 7) is 3.82. The zero-order valence-corrected chi connectivity index (χ0v) is 9.71. The Morgan fingerprint density at radius 1 is 1.24 bits per heavy atom. The van der Waals surface area contributed by atoms with E-state index in [-0.39, 0.29) is 0 Å². The number of nitrogens with zero attached hydrogens (tertiary/aromatic N) is 3. The Morgan fingerprint density at radius 2 is 2.06 bits per heavy atom. The minimum atomic E-state index is 0.364. The van der Waals surface area contributed by atoms with Gasteiger partial charge in [-0.25, -0.2) is 0 Å². The van der Waals surface area contributed by atoms with Crippen LogP contribution in [0.4, 0.5) is 0 Å². The zero-order chi connectivity index (χ0) is 11.7. The summed E-state index contributed by atoms with van der Waals surface area (Å²) in [4.78, 5) is 0. The van der Waals surface area contributed by atoms with Gasteiger partial charge in [0, 0.05) is 6.42 Å². The normalized spacial score (nSPS) is 18.7. The van der Waals surface area contributed by atoms with Crippen molar-refractivity contribution in [3.63, 3.8) is 0 Å². The van der Waals surface area contributed by atoms with Gasteiger partial charge in [-0.3, -0.25) is 0 Å². The predicted octanol–water partition coefficient (Wildman–Crippen LogP) is 2.85. The molecule has 0 aliphatic carbocycles. The average molecular weight is 225 g/mol. The average Bonchev–Trinajstić information content (AvgIpc) is 2.82. The second-order valence-corrected chi connectivity index (χ2v) is 4.37. The Hall–Kier alpha value is -1.90. The van der Waals surface area contributed by atoms with Gasteiger partial charge < -0.3 is 4.57 Å². The molecule has 0 bridgehead atoms. The number of aryl methyl sites for hydroxylation is 1. The van der Waals surface area contributed by atoms with Crippen molar-refractivity contribution in [1.29, 1.82) is 0 Å². The molecule has 1 aliphatic heterocycles. The molecule has 0 saturated heterocycles. The van der Waals surface area contributed by atoms with E-state index in [0.717, 1.165) is 24.5 Å². The van der Waals surface area contributed by atoms with E-state index in [0.29, 0.717) is 6.04 Å². The van der Waals surface area contributed by atoms with Crippen LogP contribution >= 0.6 is 0 Å². The molecule has 0 N–H and O–H groups in total. The Kier molecular flexibility index (Phi) is 2.52. The maximum Gasteiger partial charge on any atom is 0.156 e. The fourth-order valence-corrected chi connectivity index (χ4v) is 2.56. The van der Waals surface area contributed by atoms with Crippen molar-refractivity contribution in [3.05, 3.63) is 54.1 Å². The monoisotopic (exact) mass is 225 g/mol. The van der Waals surface area contributed by atoms with E-state index >= 15 is 0 Å². The van der Waals surface area contributed by atoms with Crippen LogP contribution in [-0.4, -0.2) is 14.8 Å². The smallest absolute Gasteiger partial charge is 0.156 e. The summed E-state index contributed by atoms with van der Waals surface area (Å²) in [5.41, 5.74) is 1.33. The summed E-state index contributed by atoms with van der Waals surface area (Å²) in [5.74, 6) is 1.97. The maximum atomic E-state index is 4.25. The molecule has 1 aromatic heterocycles. The number of fused-ring (bicyclic) bond motifs is 1. The maximum absolute atomic E-state index is 4.25. The fraction of sp³-hybridized carbons (Fsp3) is 0.286. The lowest BCUT2D eigenvalue weighted by Crippen LogP contribution is -2.20. The van der Waals surface area contributed by atoms with Crippen molar-refractivity contribution in [2.24, 2.45) is 0 Å². The van der Waals surface area contributed by atoms with Crippen molar-refractivity contribution in [1.82, 2.24) is 14.8 Å². The van der Waals surface area contributed by atoms with Crippen LogP contribution in [0, 0.1) is 0 Å². The molecule has 3 heteroatoms. The third-order valence-electron chi connectivity index (χ3n) is 3.35. The van der Waals surface area contributed by atoms with E-state index in [1.54, 1.807) is 6.08 Å². The zero-order valence-electron chi connectivity index (χ0n) is 9.71. The summed E-state index contributed by atoms with van der Waals surface area (Å²) < 4.78 is 2.23. The molecule has 3 nitrogen and oxygen atoms in total. The molecule has 17 heavy (non-hydrogen) atoms. The molecule has 1 aromatic carbocycles. The highest BCUT2D eigenvalue weighted by molar-refractivity contribution is 5.38. The van der Waals surface area contributed by atoms with Crippen LogP contribution in [0.25, 0.3) is 6.08 Å². The largest absolute Gasteiger partial charge is 0.304 e. The van der Waals surface area contributed by atoms with Gasteiger partial charge in [-0.05, 0) is 24.5 Å². The molecule has 2 aromatic rings. The van der Waals surface area contributed by atoms with E-state index < -0.39 is 0 Å². The van der Waals surface area contributed by atoms with Gasteiger partial charge in [0.1, 0.15) is 5.82 Å². The SMILES string of the molecule is C=Cc1nnc2n1C(c1ccccc1)CCC2. The van der Waals surface area contributed by atoms with Gasteiger partial charge in [0.2, 0.25) is 0 Å². The molecule has 0 radical (unpaired) electrons. The third kappa shape index (κ3) is 1.68. The van der Waals surface area contributed by atoms with Gasteiger partial charge >= 0.3 is 0 Å². The minimum Gasteiger partial charge on any atom is -0.304 e. The summed E-state index contributed by atoms with van der Waals surface area (Å²) in [5, 5.41) is 8.43. The first-order chi connectivity index (χ1) is 8.40. The minimum absolute atomic E-state index is 0.364. The second kappa shape index (κ2) is 4.17. The molecule has 0 saturated carbocycles. The molecule has 2 heterocycles. The first-order valence-electron chi connectivity index (χ1n) is 6.01. The molecule has 1 unspecified atom stereocenters. The molecule has 0 spiro atoms. The number of hydrogen-bond donors (Lipinski definition) is 0. The molecule has 1 atom stereocenters. The number of benzene rings is 1. The first-order valence-corrected chi connectivity index (χ1v) is 6.01. The molecule has 0 fully saturated rings. The number of aromatic nitrogens is 3.